The van der Waals surface area contributed by atoms with Gasteiger partial charge in [-0.2, -0.15) is 13.2 Å². The number of nitrogens with one attached hydrogen (secondary N) is 3. The molecule has 0 unspecified atom stereocenters. The molecule has 0 aliphatic heterocycles. The van der Waals surface area contributed by atoms with Crippen LogP contribution in [0.2, 0.25) is 0 Å². The molecular formula is C24H21F3N6O3. The molecule has 2 aromatic carbocycles. The van der Waals surface area contributed by atoms with Gasteiger partial charge in [0, 0.05) is 36.2 Å². The van der Waals surface area contributed by atoms with Gasteiger partial charge in [-0.3, -0.25) is 9.69 Å². The zero-order chi connectivity index (χ0) is 26.0. The molecule has 4 aromatic rings. The van der Waals surface area contributed by atoms with Gasteiger partial charge < -0.3 is 20.4 Å². The summed E-state index contributed by atoms with van der Waals surface area (Å²) in [5, 5.41) is 5.84. The van der Waals surface area contributed by atoms with Crippen LogP contribution in [0.4, 0.5) is 35.2 Å². The van der Waals surface area contributed by atoms with E-state index in [9.17, 15) is 22.8 Å². The number of ether oxygens (including phenoxy) is 1. The number of urea groups is 1. The van der Waals surface area contributed by atoms with Crippen LogP contribution < -0.4 is 20.3 Å². The Morgan fingerprint density at radius 3 is 2.56 bits per heavy atom. The number of benzene rings is 2. The molecule has 186 valence electrons. The van der Waals surface area contributed by atoms with E-state index in [1.165, 1.54) is 43.6 Å². The monoisotopic (exact) mass is 498 g/mol. The molecule has 0 saturated carbocycles. The van der Waals surface area contributed by atoms with E-state index >= 15 is 0 Å². The van der Waals surface area contributed by atoms with Crippen molar-refractivity contribution in [3.63, 3.8) is 0 Å². The van der Waals surface area contributed by atoms with Crippen LogP contribution in [0.25, 0.3) is 11.0 Å². The van der Waals surface area contributed by atoms with Crippen LogP contribution in [-0.4, -0.2) is 41.0 Å². The predicted octanol–water partition coefficient (Wildman–Crippen LogP) is 5.21. The minimum absolute atomic E-state index is 0.0544. The fourth-order valence-electron chi connectivity index (χ4n) is 3.48. The zero-order valence-electron chi connectivity index (χ0n) is 19.4. The second-order valence-electron chi connectivity index (χ2n) is 7.86. The largest absolute Gasteiger partial charge is 0.497 e. The molecule has 0 aliphatic rings. The van der Waals surface area contributed by atoms with Gasteiger partial charge in [0.15, 0.2) is 0 Å². The van der Waals surface area contributed by atoms with Crippen molar-refractivity contribution in [1.29, 1.82) is 0 Å². The summed E-state index contributed by atoms with van der Waals surface area (Å²) in [5.41, 5.74) is 0.671. The van der Waals surface area contributed by atoms with Crippen LogP contribution in [-0.2, 0) is 6.18 Å². The number of fused-ring (bicyclic) bond motifs is 1. The van der Waals surface area contributed by atoms with Crippen molar-refractivity contribution in [2.45, 2.75) is 13.1 Å². The number of H-pyrrole nitrogens is 1. The highest BCUT2D eigenvalue weighted by Crippen LogP contribution is 2.34. The Kier molecular flexibility index (Phi) is 6.51. The van der Waals surface area contributed by atoms with Crippen LogP contribution in [0, 0.1) is 6.92 Å². The second kappa shape index (κ2) is 9.56. The molecule has 4 rings (SSSR count). The van der Waals surface area contributed by atoms with Gasteiger partial charge in [0.05, 0.1) is 18.1 Å². The number of aromatic nitrogens is 3. The number of hydrogen-bond donors (Lipinski definition) is 3. The SMILES string of the molecule is COc1cc(NC(=O)c2ccc(C)c(NC(=O)N(C)c3ncnc4[nH]ccc34)c2)cc(C(F)(F)F)c1. The van der Waals surface area contributed by atoms with E-state index in [4.69, 9.17) is 4.74 Å². The Labute approximate surface area is 203 Å². The van der Waals surface area contributed by atoms with Crippen molar-refractivity contribution in [2.24, 2.45) is 0 Å². The number of rotatable bonds is 5. The van der Waals surface area contributed by atoms with E-state index in [1.807, 2.05) is 0 Å². The number of halogens is 3. The van der Waals surface area contributed by atoms with Gasteiger partial charge in [-0.15, -0.1) is 0 Å². The number of amides is 3. The summed E-state index contributed by atoms with van der Waals surface area (Å²) in [4.78, 5) is 38.3. The van der Waals surface area contributed by atoms with Crippen molar-refractivity contribution in [3.05, 3.63) is 71.7 Å². The molecule has 0 fully saturated rings. The Hall–Kier alpha value is -4.61. The van der Waals surface area contributed by atoms with Crippen molar-refractivity contribution in [3.8, 4) is 5.75 Å². The van der Waals surface area contributed by atoms with Gasteiger partial charge in [-0.25, -0.2) is 14.8 Å². The zero-order valence-corrected chi connectivity index (χ0v) is 19.4. The number of carbonyl (C=O) groups is 2. The minimum Gasteiger partial charge on any atom is -0.497 e. The molecule has 12 heteroatoms. The highest BCUT2D eigenvalue weighted by atomic mass is 19.4. The Morgan fingerprint density at radius 2 is 1.83 bits per heavy atom. The third-order valence-corrected chi connectivity index (χ3v) is 5.42. The standard InChI is InChI=1S/C24H21F3N6O3/c1-13-4-5-14(22(34)31-16-9-15(24(25,26)27)10-17(11-16)36-3)8-19(13)32-23(35)33(2)21-18-6-7-28-20(18)29-12-30-21/h4-12H,1-3H3,(H,31,34)(H,32,35)(H,28,29,30). The number of nitrogens with zero attached hydrogens (tertiary/aromatic N) is 3. The first-order valence-corrected chi connectivity index (χ1v) is 10.6. The number of aryl methyl sites for hydroxylation is 1. The summed E-state index contributed by atoms with van der Waals surface area (Å²) in [7, 11) is 2.77. The lowest BCUT2D eigenvalue weighted by atomic mass is 10.1. The number of alkyl halides is 3. The van der Waals surface area contributed by atoms with Crippen LogP contribution in [0.1, 0.15) is 21.5 Å². The van der Waals surface area contributed by atoms with E-state index in [0.29, 0.717) is 28.1 Å². The van der Waals surface area contributed by atoms with Crippen molar-refractivity contribution in [2.75, 3.05) is 29.7 Å². The molecule has 0 aliphatic carbocycles. The summed E-state index contributed by atoms with van der Waals surface area (Å²) >= 11 is 0. The van der Waals surface area contributed by atoms with Crippen LogP contribution >= 0.6 is 0 Å². The first-order chi connectivity index (χ1) is 17.1. The van der Waals surface area contributed by atoms with Crippen LogP contribution in [0.15, 0.2) is 55.0 Å². The molecule has 3 amide bonds. The molecule has 0 atom stereocenters. The molecular weight excluding hydrogens is 477 g/mol. The molecule has 0 bridgehead atoms. The highest BCUT2D eigenvalue weighted by molar-refractivity contribution is 6.08. The number of carbonyl (C=O) groups excluding carboxylic acids is 2. The second-order valence-corrected chi connectivity index (χ2v) is 7.86. The van der Waals surface area contributed by atoms with E-state index in [-0.39, 0.29) is 17.0 Å². The van der Waals surface area contributed by atoms with Crippen molar-refractivity contribution >= 4 is 40.2 Å². The van der Waals surface area contributed by atoms with Crippen LogP contribution in [0.5, 0.6) is 5.75 Å². The van der Waals surface area contributed by atoms with Crippen molar-refractivity contribution < 1.29 is 27.5 Å². The van der Waals surface area contributed by atoms with Gasteiger partial charge >= 0.3 is 12.2 Å². The molecule has 0 radical (unpaired) electrons. The Morgan fingerprint density at radius 1 is 1.06 bits per heavy atom. The lowest BCUT2D eigenvalue weighted by Crippen LogP contribution is -2.32. The molecule has 0 spiro atoms. The van der Waals surface area contributed by atoms with Gasteiger partial charge in [-0.1, -0.05) is 6.07 Å². The van der Waals surface area contributed by atoms with E-state index < -0.39 is 23.7 Å². The third kappa shape index (κ3) is 5.06. The lowest BCUT2D eigenvalue weighted by Gasteiger charge is -2.19. The molecule has 2 aromatic heterocycles. The topological polar surface area (TPSA) is 112 Å². The Bertz CT molecular complexity index is 1450. The fraction of sp³-hybridized carbons (Fsp3) is 0.167. The highest BCUT2D eigenvalue weighted by Gasteiger charge is 2.31. The summed E-state index contributed by atoms with van der Waals surface area (Å²) in [6.45, 7) is 1.74. The number of methoxy groups -OCH3 is 1. The maximum Gasteiger partial charge on any atom is 0.416 e. The predicted molar refractivity (Wildman–Crippen MR) is 128 cm³/mol. The summed E-state index contributed by atoms with van der Waals surface area (Å²) in [6, 6.07) is 8.72. The van der Waals surface area contributed by atoms with E-state index in [0.717, 1.165) is 12.1 Å². The lowest BCUT2D eigenvalue weighted by molar-refractivity contribution is -0.137. The number of anilines is 3. The summed E-state index contributed by atoms with van der Waals surface area (Å²) in [5.74, 6) is -0.338. The van der Waals surface area contributed by atoms with Gasteiger partial charge in [-0.05, 0) is 42.8 Å². The van der Waals surface area contributed by atoms with Crippen LogP contribution in [0.3, 0.4) is 0 Å². The molecule has 36 heavy (non-hydrogen) atoms. The quantitative estimate of drug-likeness (QED) is 0.350. The first kappa shape index (κ1) is 24.5. The normalized spacial score (nSPS) is 11.3. The molecule has 2 heterocycles. The van der Waals surface area contributed by atoms with E-state index in [2.05, 4.69) is 25.6 Å². The smallest absolute Gasteiger partial charge is 0.416 e. The fourth-order valence-corrected chi connectivity index (χ4v) is 3.48. The van der Waals surface area contributed by atoms with Gasteiger partial charge in [0.25, 0.3) is 5.91 Å². The third-order valence-electron chi connectivity index (χ3n) is 5.42. The average Bonchev–Trinajstić information content (AvgIpc) is 3.33. The maximum absolute atomic E-state index is 13.2. The molecule has 9 nitrogen and oxygen atoms in total. The minimum atomic E-state index is -4.61. The van der Waals surface area contributed by atoms with Crippen molar-refractivity contribution in [1.82, 2.24) is 15.0 Å². The van der Waals surface area contributed by atoms with E-state index in [1.54, 1.807) is 25.3 Å². The van der Waals surface area contributed by atoms with Gasteiger partial charge in [0.2, 0.25) is 0 Å². The summed E-state index contributed by atoms with van der Waals surface area (Å²) in [6.07, 6.45) is -1.60. The Balaban J connectivity index is 1.55. The summed E-state index contributed by atoms with van der Waals surface area (Å²) < 4.78 is 44.5. The number of hydrogen-bond acceptors (Lipinski definition) is 5. The molecule has 0 saturated heterocycles. The maximum atomic E-state index is 13.2. The molecule has 3 N–H and O–H groups in total. The first-order valence-electron chi connectivity index (χ1n) is 10.6. The average molecular weight is 498 g/mol. The van der Waals surface area contributed by atoms with Gasteiger partial charge in [0.1, 0.15) is 23.5 Å². The number of aromatic amines is 1.